The Morgan fingerprint density at radius 3 is 2.74 bits per heavy atom. The van der Waals surface area contributed by atoms with E-state index in [1.807, 2.05) is 6.07 Å². The molecule has 0 unspecified atom stereocenters. The fourth-order valence-corrected chi connectivity index (χ4v) is 2.97. The number of amides is 1. The number of aromatic amines is 1. The first kappa shape index (κ1) is 17.0. The third kappa shape index (κ3) is 5.08. The van der Waals surface area contributed by atoms with Crippen LogP contribution >= 0.6 is 0 Å². The molecule has 23 heavy (non-hydrogen) atoms. The molecule has 0 saturated carbocycles. The zero-order chi connectivity index (χ0) is 16.5. The normalized spacial score (nSPS) is 18.1. The average molecular weight is 314 g/mol. The minimum Gasteiger partial charge on any atom is -0.340 e. The summed E-state index contributed by atoms with van der Waals surface area (Å²) in [5, 5.41) is 24.4. The number of nitriles is 2. The van der Waals surface area contributed by atoms with Crippen molar-refractivity contribution in [3.8, 4) is 12.1 Å². The van der Waals surface area contributed by atoms with Crippen LogP contribution in [0.1, 0.15) is 37.3 Å². The Morgan fingerprint density at radius 1 is 1.39 bits per heavy atom. The molecule has 2 heterocycles. The molecule has 1 fully saturated rings. The van der Waals surface area contributed by atoms with Crippen molar-refractivity contribution in [2.45, 2.75) is 31.6 Å². The van der Waals surface area contributed by atoms with Gasteiger partial charge in [-0.2, -0.15) is 15.6 Å². The highest BCUT2D eigenvalue weighted by atomic mass is 16.2. The minimum absolute atomic E-state index is 0.000704. The molecule has 7 nitrogen and oxygen atoms in total. The van der Waals surface area contributed by atoms with Crippen LogP contribution in [0.2, 0.25) is 0 Å². The van der Waals surface area contributed by atoms with Crippen LogP contribution in [0.15, 0.2) is 12.3 Å². The van der Waals surface area contributed by atoms with Crippen LogP contribution in [-0.2, 0) is 4.79 Å². The zero-order valence-corrected chi connectivity index (χ0v) is 13.2. The van der Waals surface area contributed by atoms with Gasteiger partial charge >= 0.3 is 0 Å². The summed E-state index contributed by atoms with van der Waals surface area (Å²) in [5.74, 6) is 0.381. The van der Waals surface area contributed by atoms with Crippen LogP contribution in [0.4, 0.5) is 0 Å². The number of aromatic nitrogens is 2. The first-order chi connectivity index (χ1) is 11.2. The van der Waals surface area contributed by atoms with Crippen molar-refractivity contribution >= 4 is 5.91 Å². The predicted molar refractivity (Wildman–Crippen MR) is 84.0 cm³/mol. The van der Waals surface area contributed by atoms with Gasteiger partial charge in [0.2, 0.25) is 5.91 Å². The smallest absolute Gasteiger partial charge is 0.236 e. The van der Waals surface area contributed by atoms with Gasteiger partial charge in [0.15, 0.2) is 0 Å². The maximum Gasteiger partial charge on any atom is 0.236 e. The molecule has 0 radical (unpaired) electrons. The van der Waals surface area contributed by atoms with Gasteiger partial charge in [0.1, 0.15) is 0 Å². The molecular formula is C16H22N6O. The average Bonchev–Trinajstić information content (AvgIpc) is 3.09. The van der Waals surface area contributed by atoms with E-state index < -0.39 is 0 Å². The van der Waals surface area contributed by atoms with Crippen LogP contribution < -0.4 is 0 Å². The first-order valence-electron chi connectivity index (χ1n) is 7.98. The number of H-pyrrole nitrogens is 1. The van der Waals surface area contributed by atoms with Gasteiger partial charge in [-0.3, -0.25) is 14.8 Å². The summed E-state index contributed by atoms with van der Waals surface area (Å²) >= 11 is 0. The summed E-state index contributed by atoms with van der Waals surface area (Å²) in [7, 11) is 0. The molecule has 2 rings (SSSR count). The van der Waals surface area contributed by atoms with E-state index in [4.69, 9.17) is 10.5 Å². The van der Waals surface area contributed by atoms with Crippen LogP contribution in [0.3, 0.4) is 0 Å². The molecular weight excluding hydrogens is 292 g/mol. The summed E-state index contributed by atoms with van der Waals surface area (Å²) in [5.41, 5.74) is 1.12. The standard InChI is InChI=1S/C16H22N6O/c17-6-2-10-22(11-3-7-18)16(23)13-21-9-1-4-14(12-21)15-5-8-19-20-15/h5,8,14H,1-4,9-13H2,(H,19,20)/t14-/m1/s1. The lowest BCUT2D eigenvalue weighted by molar-refractivity contribution is -0.132. The molecule has 7 heteroatoms. The van der Waals surface area contributed by atoms with Gasteiger partial charge in [-0.15, -0.1) is 0 Å². The molecule has 1 saturated heterocycles. The molecule has 1 aromatic rings. The Morgan fingerprint density at radius 2 is 2.13 bits per heavy atom. The van der Waals surface area contributed by atoms with Gasteiger partial charge in [-0.1, -0.05) is 0 Å². The van der Waals surface area contributed by atoms with Crippen molar-refractivity contribution in [3.05, 3.63) is 18.0 Å². The largest absolute Gasteiger partial charge is 0.340 e. The third-order valence-corrected chi connectivity index (χ3v) is 4.17. The van der Waals surface area contributed by atoms with E-state index in [0.717, 1.165) is 31.6 Å². The van der Waals surface area contributed by atoms with Gasteiger partial charge in [-0.25, -0.2) is 0 Å². The Balaban J connectivity index is 1.89. The number of hydrogen-bond acceptors (Lipinski definition) is 5. The number of carbonyl (C=O) groups is 1. The topological polar surface area (TPSA) is 99.8 Å². The number of rotatable bonds is 7. The van der Waals surface area contributed by atoms with E-state index in [9.17, 15) is 4.79 Å². The fraction of sp³-hybridized carbons (Fsp3) is 0.625. The van der Waals surface area contributed by atoms with E-state index in [0.29, 0.717) is 38.4 Å². The van der Waals surface area contributed by atoms with Crippen LogP contribution in [0.25, 0.3) is 0 Å². The molecule has 0 aromatic carbocycles. The first-order valence-corrected chi connectivity index (χ1v) is 7.98. The lowest BCUT2D eigenvalue weighted by atomic mass is 9.95. The second-order valence-corrected chi connectivity index (χ2v) is 5.78. The number of piperidine rings is 1. The second-order valence-electron chi connectivity index (χ2n) is 5.78. The molecule has 1 aromatic heterocycles. The predicted octanol–water partition coefficient (Wildman–Crippen LogP) is 1.25. The van der Waals surface area contributed by atoms with E-state index >= 15 is 0 Å². The maximum absolute atomic E-state index is 12.5. The van der Waals surface area contributed by atoms with Gasteiger partial charge in [-0.05, 0) is 25.5 Å². The lowest BCUT2D eigenvalue weighted by Crippen LogP contribution is -2.44. The highest BCUT2D eigenvalue weighted by Gasteiger charge is 2.25. The molecule has 0 aliphatic carbocycles. The van der Waals surface area contributed by atoms with Crippen molar-refractivity contribution < 1.29 is 4.79 Å². The summed E-state index contributed by atoms with van der Waals surface area (Å²) in [6.07, 6.45) is 4.50. The quantitative estimate of drug-likeness (QED) is 0.816. The van der Waals surface area contributed by atoms with Crippen molar-refractivity contribution in [3.63, 3.8) is 0 Å². The molecule has 1 aliphatic rings. The van der Waals surface area contributed by atoms with Gasteiger partial charge in [0.25, 0.3) is 0 Å². The van der Waals surface area contributed by atoms with Gasteiger partial charge in [0, 0.05) is 37.4 Å². The van der Waals surface area contributed by atoms with E-state index in [2.05, 4.69) is 27.2 Å². The van der Waals surface area contributed by atoms with Crippen molar-refractivity contribution in [1.29, 1.82) is 10.5 Å². The van der Waals surface area contributed by atoms with E-state index in [1.165, 1.54) is 0 Å². The number of nitrogens with one attached hydrogen (secondary N) is 1. The summed E-state index contributed by atoms with van der Waals surface area (Å²) in [6.45, 7) is 2.88. The molecule has 1 aliphatic heterocycles. The Kier molecular flexibility index (Phi) is 6.58. The van der Waals surface area contributed by atoms with Crippen LogP contribution in [-0.4, -0.2) is 58.6 Å². The Bertz CT molecular complexity index is 552. The molecule has 1 amide bonds. The maximum atomic E-state index is 12.5. The summed E-state index contributed by atoms with van der Waals surface area (Å²) < 4.78 is 0. The number of nitrogens with zero attached hydrogens (tertiary/aromatic N) is 5. The molecule has 1 N–H and O–H groups in total. The zero-order valence-electron chi connectivity index (χ0n) is 13.2. The van der Waals surface area contributed by atoms with Gasteiger partial charge < -0.3 is 4.90 Å². The van der Waals surface area contributed by atoms with Crippen molar-refractivity contribution in [2.24, 2.45) is 0 Å². The van der Waals surface area contributed by atoms with E-state index in [-0.39, 0.29) is 5.91 Å². The fourth-order valence-electron chi connectivity index (χ4n) is 2.97. The van der Waals surface area contributed by atoms with Crippen molar-refractivity contribution in [1.82, 2.24) is 20.0 Å². The Hall–Kier alpha value is -2.38. The highest BCUT2D eigenvalue weighted by Crippen LogP contribution is 2.25. The number of likely N-dealkylation sites (tertiary alicyclic amines) is 1. The van der Waals surface area contributed by atoms with Crippen molar-refractivity contribution in [2.75, 3.05) is 32.7 Å². The SMILES string of the molecule is N#CCCN(CCC#N)C(=O)CN1CCC[C@@H](c2ccn[nH]2)C1. The highest BCUT2D eigenvalue weighted by molar-refractivity contribution is 5.78. The minimum atomic E-state index is 0.000704. The van der Waals surface area contributed by atoms with Gasteiger partial charge in [0.05, 0.1) is 31.5 Å². The number of hydrogen-bond donors (Lipinski definition) is 1. The van der Waals surface area contributed by atoms with Crippen LogP contribution in [0, 0.1) is 22.7 Å². The third-order valence-electron chi connectivity index (χ3n) is 4.17. The lowest BCUT2D eigenvalue weighted by Gasteiger charge is -2.33. The molecule has 122 valence electrons. The summed E-state index contributed by atoms with van der Waals surface area (Å²) in [4.78, 5) is 16.2. The molecule has 0 bridgehead atoms. The Labute approximate surface area is 136 Å². The second kappa shape index (κ2) is 8.92. The number of carbonyl (C=O) groups excluding carboxylic acids is 1. The summed E-state index contributed by atoms with van der Waals surface area (Å²) in [6, 6.07) is 6.10. The van der Waals surface area contributed by atoms with Crippen LogP contribution in [0.5, 0.6) is 0 Å². The monoisotopic (exact) mass is 314 g/mol. The molecule has 1 atom stereocenters. The van der Waals surface area contributed by atoms with E-state index in [1.54, 1.807) is 11.1 Å². The molecule has 0 spiro atoms.